The Morgan fingerprint density at radius 3 is 2.48 bits per heavy atom. The SMILES string of the molecule is O=C(NCc1ccccn1)[C@@H]1c2ccccc2C(=O)N(C2CCCCC2)C12CCCC2. The summed E-state index contributed by atoms with van der Waals surface area (Å²) in [7, 11) is 0. The molecule has 2 heterocycles. The Labute approximate surface area is 184 Å². The van der Waals surface area contributed by atoms with Crippen molar-refractivity contribution in [3.8, 4) is 0 Å². The highest BCUT2D eigenvalue weighted by molar-refractivity contribution is 6.02. The highest BCUT2D eigenvalue weighted by Gasteiger charge is 2.57. The summed E-state index contributed by atoms with van der Waals surface area (Å²) >= 11 is 0. The number of fused-ring (bicyclic) bond motifs is 1. The van der Waals surface area contributed by atoms with E-state index in [0.29, 0.717) is 12.1 Å². The number of hydrogen-bond acceptors (Lipinski definition) is 3. The van der Waals surface area contributed by atoms with Crippen molar-refractivity contribution in [3.63, 3.8) is 0 Å². The zero-order chi connectivity index (χ0) is 21.3. The molecule has 2 fully saturated rings. The van der Waals surface area contributed by atoms with Gasteiger partial charge in [0.15, 0.2) is 0 Å². The van der Waals surface area contributed by atoms with Crippen molar-refractivity contribution in [2.45, 2.75) is 81.8 Å². The molecular weight excluding hydrogens is 386 g/mol. The van der Waals surface area contributed by atoms with E-state index >= 15 is 0 Å². The number of hydrogen-bond donors (Lipinski definition) is 1. The largest absolute Gasteiger partial charge is 0.350 e. The highest BCUT2D eigenvalue weighted by Crippen LogP contribution is 2.52. The van der Waals surface area contributed by atoms with Crippen molar-refractivity contribution in [1.82, 2.24) is 15.2 Å². The molecule has 162 valence electrons. The van der Waals surface area contributed by atoms with Gasteiger partial charge in [-0.25, -0.2) is 0 Å². The average Bonchev–Trinajstić information content (AvgIpc) is 3.28. The van der Waals surface area contributed by atoms with Crippen LogP contribution in [0, 0.1) is 0 Å². The fourth-order valence-electron chi connectivity index (χ4n) is 6.26. The van der Waals surface area contributed by atoms with Crippen molar-refractivity contribution in [3.05, 3.63) is 65.5 Å². The van der Waals surface area contributed by atoms with Crippen LogP contribution in [0.2, 0.25) is 0 Å². The first-order valence-electron chi connectivity index (χ1n) is 11.8. The van der Waals surface area contributed by atoms with E-state index in [1.165, 1.54) is 19.3 Å². The molecule has 1 N–H and O–H groups in total. The molecular formula is C26H31N3O2. The zero-order valence-corrected chi connectivity index (χ0v) is 18.1. The predicted octanol–water partition coefficient (Wildman–Crippen LogP) is 4.58. The molecule has 0 bridgehead atoms. The Hall–Kier alpha value is -2.69. The van der Waals surface area contributed by atoms with Gasteiger partial charge in [-0.2, -0.15) is 0 Å². The average molecular weight is 418 g/mol. The van der Waals surface area contributed by atoms with E-state index in [9.17, 15) is 9.59 Å². The van der Waals surface area contributed by atoms with Crippen LogP contribution < -0.4 is 5.32 Å². The second kappa shape index (κ2) is 8.45. The minimum Gasteiger partial charge on any atom is -0.350 e. The smallest absolute Gasteiger partial charge is 0.254 e. The molecule has 1 spiro atoms. The quantitative estimate of drug-likeness (QED) is 0.792. The van der Waals surface area contributed by atoms with Gasteiger partial charge in [-0.1, -0.05) is 56.4 Å². The van der Waals surface area contributed by atoms with Crippen LogP contribution >= 0.6 is 0 Å². The number of aromatic nitrogens is 1. The van der Waals surface area contributed by atoms with Gasteiger partial charge < -0.3 is 10.2 Å². The van der Waals surface area contributed by atoms with E-state index in [0.717, 1.165) is 49.8 Å². The van der Waals surface area contributed by atoms with Gasteiger partial charge in [0, 0.05) is 17.8 Å². The van der Waals surface area contributed by atoms with Crippen LogP contribution in [0.15, 0.2) is 48.7 Å². The fourth-order valence-corrected chi connectivity index (χ4v) is 6.26. The summed E-state index contributed by atoms with van der Waals surface area (Å²) in [4.78, 5) is 34.1. The first-order chi connectivity index (χ1) is 15.2. The maximum atomic E-state index is 13.8. The standard InChI is InChI=1S/C26H31N3O2/c30-24(28-18-19-10-6-9-17-27-19)23-21-13-4-5-14-22(21)25(31)29(20-11-2-1-3-12-20)26(23)15-7-8-16-26/h4-6,9-10,13-14,17,20,23H,1-3,7-8,11-12,15-16,18H2,(H,28,30)/t23-/m0/s1. The topological polar surface area (TPSA) is 62.3 Å². The number of amides is 2. The Kier molecular flexibility index (Phi) is 5.51. The molecule has 5 nitrogen and oxygen atoms in total. The lowest BCUT2D eigenvalue weighted by Gasteiger charge is -2.53. The van der Waals surface area contributed by atoms with E-state index in [4.69, 9.17) is 0 Å². The van der Waals surface area contributed by atoms with Crippen molar-refractivity contribution in [1.29, 1.82) is 0 Å². The fraction of sp³-hybridized carbons (Fsp3) is 0.500. The lowest BCUT2D eigenvalue weighted by atomic mass is 9.69. The number of pyridine rings is 1. The summed E-state index contributed by atoms with van der Waals surface area (Å²) in [6.45, 7) is 0.409. The number of nitrogens with one attached hydrogen (secondary N) is 1. The summed E-state index contributed by atoms with van der Waals surface area (Å²) in [5, 5.41) is 3.16. The van der Waals surface area contributed by atoms with Crippen LogP contribution in [0.3, 0.4) is 0 Å². The number of carbonyl (C=O) groups is 2. The molecule has 2 amide bonds. The predicted molar refractivity (Wildman–Crippen MR) is 120 cm³/mol. The Morgan fingerprint density at radius 2 is 1.74 bits per heavy atom. The zero-order valence-electron chi connectivity index (χ0n) is 18.1. The summed E-state index contributed by atoms with van der Waals surface area (Å²) < 4.78 is 0. The van der Waals surface area contributed by atoms with Crippen molar-refractivity contribution in [2.75, 3.05) is 0 Å². The third kappa shape index (κ3) is 3.54. The molecule has 1 aliphatic heterocycles. The molecule has 5 rings (SSSR count). The lowest BCUT2D eigenvalue weighted by molar-refractivity contribution is -0.127. The summed E-state index contributed by atoms with van der Waals surface area (Å²) in [5.41, 5.74) is 2.06. The molecule has 0 saturated heterocycles. The van der Waals surface area contributed by atoms with Gasteiger partial charge in [0.2, 0.25) is 5.91 Å². The van der Waals surface area contributed by atoms with E-state index < -0.39 is 5.54 Å². The molecule has 2 aliphatic carbocycles. The molecule has 5 heteroatoms. The van der Waals surface area contributed by atoms with E-state index in [2.05, 4.69) is 15.2 Å². The van der Waals surface area contributed by atoms with Crippen molar-refractivity contribution in [2.24, 2.45) is 0 Å². The van der Waals surface area contributed by atoms with Crippen molar-refractivity contribution >= 4 is 11.8 Å². The number of nitrogens with zero attached hydrogens (tertiary/aromatic N) is 2. The summed E-state index contributed by atoms with van der Waals surface area (Å²) in [6, 6.07) is 13.8. The lowest BCUT2D eigenvalue weighted by Crippen LogP contribution is -2.63. The highest BCUT2D eigenvalue weighted by atomic mass is 16.2. The first-order valence-corrected chi connectivity index (χ1v) is 11.8. The van der Waals surface area contributed by atoms with Gasteiger partial charge in [0.1, 0.15) is 0 Å². The number of carbonyl (C=O) groups excluding carboxylic acids is 2. The number of rotatable bonds is 4. The van der Waals surface area contributed by atoms with Crippen LogP contribution in [-0.4, -0.2) is 33.3 Å². The van der Waals surface area contributed by atoms with Gasteiger partial charge >= 0.3 is 0 Å². The first kappa shape index (κ1) is 20.2. The van der Waals surface area contributed by atoms with Crippen LogP contribution in [0.5, 0.6) is 0 Å². The summed E-state index contributed by atoms with van der Waals surface area (Å²) in [5.74, 6) is -0.166. The van der Waals surface area contributed by atoms with E-state index in [-0.39, 0.29) is 23.8 Å². The molecule has 3 aliphatic rings. The molecule has 1 aromatic heterocycles. The Balaban J connectivity index is 1.54. The van der Waals surface area contributed by atoms with Crippen molar-refractivity contribution < 1.29 is 9.59 Å². The van der Waals surface area contributed by atoms with E-state index in [1.54, 1.807) is 6.20 Å². The number of benzene rings is 1. The third-order valence-electron chi connectivity index (χ3n) is 7.58. The second-order valence-corrected chi connectivity index (χ2v) is 9.34. The van der Waals surface area contributed by atoms with Gasteiger partial charge in [0.25, 0.3) is 5.91 Å². The maximum absolute atomic E-state index is 13.8. The minimum atomic E-state index is -0.401. The summed E-state index contributed by atoms with van der Waals surface area (Å²) in [6.07, 6.45) is 11.4. The molecule has 2 aromatic rings. The van der Waals surface area contributed by atoms with Gasteiger partial charge in [0.05, 0.1) is 23.7 Å². The van der Waals surface area contributed by atoms with Crippen LogP contribution in [-0.2, 0) is 11.3 Å². The van der Waals surface area contributed by atoms with Crippen LogP contribution in [0.1, 0.15) is 85.3 Å². The molecule has 0 unspecified atom stereocenters. The second-order valence-electron chi connectivity index (χ2n) is 9.34. The van der Waals surface area contributed by atoms with Crippen LogP contribution in [0.4, 0.5) is 0 Å². The minimum absolute atomic E-state index is 0.0216. The third-order valence-corrected chi connectivity index (χ3v) is 7.58. The van der Waals surface area contributed by atoms with Crippen LogP contribution in [0.25, 0.3) is 0 Å². The molecule has 2 saturated carbocycles. The maximum Gasteiger partial charge on any atom is 0.254 e. The van der Waals surface area contributed by atoms with Gasteiger partial charge in [-0.05, 0) is 49.4 Å². The molecule has 31 heavy (non-hydrogen) atoms. The monoisotopic (exact) mass is 417 g/mol. The van der Waals surface area contributed by atoms with Gasteiger partial charge in [-0.3, -0.25) is 14.6 Å². The normalized spacial score (nSPS) is 23.0. The molecule has 0 radical (unpaired) electrons. The molecule has 1 atom stereocenters. The van der Waals surface area contributed by atoms with Gasteiger partial charge in [-0.15, -0.1) is 0 Å². The van der Waals surface area contributed by atoms with E-state index in [1.807, 2.05) is 42.5 Å². The Morgan fingerprint density at radius 1 is 1.00 bits per heavy atom. The Bertz CT molecular complexity index is 946. The molecule has 1 aromatic carbocycles.